The molecular weight excluding hydrogens is 546 g/mol. The molecule has 1 N–H and O–H groups in total. The standard InChI is InChI=1S/C18H11Br3N3O3/c1-2-27-15-4-3-10(7-11(15)20)23-17(25)14-8-22-16-12(21)5-9(19)6-13(16)24(14)18(23)26/h3-8H,2H2,1H3/q+1/p+1. The Morgan fingerprint density at radius 3 is 2.59 bits per heavy atom. The van der Waals surface area contributed by atoms with Crippen molar-refractivity contribution in [2.45, 2.75) is 6.92 Å². The van der Waals surface area contributed by atoms with Crippen LogP contribution in [-0.2, 0) is 0 Å². The third-order valence-electron chi connectivity index (χ3n) is 4.15. The number of carbonyl (C=O) groups is 2. The van der Waals surface area contributed by atoms with E-state index in [1.54, 1.807) is 30.5 Å². The molecule has 2 aromatic carbocycles. The Labute approximate surface area is 179 Å². The molecule has 1 aromatic heterocycles. The maximum Gasteiger partial charge on any atom is 0.512 e. The number of amides is 2. The number of imide groups is 1. The van der Waals surface area contributed by atoms with Crippen LogP contribution in [0.3, 0.4) is 0 Å². The number of H-pyrrole nitrogens is 1. The highest BCUT2D eigenvalue weighted by atomic mass is 79.9. The van der Waals surface area contributed by atoms with Gasteiger partial charge in [0.25, 0.3) is 11.2 Å². The van der Waals surface area contributed by atoms with Crippen LogP contribution in [0.15, 0.2) is 49.9 Å². The topological polar surface area (TPSA) is 64.6 Å². The van der Waals surface area contributed by atoms with Crippen molar-refractivity contribution in [3.8, 4) is 5.75 Å². The zero-order valence-electron chi connectivity index (χ0n) is 13.9. The first-order valence-electron chi connectivity index (χ1n) is 7.99. The zero-order valence-corrected chi connectivity index (χ0v) is 18.7. The van der Waals surface area contributed by atoms with Crippen LogP contribution < -0.4 is 19.2 Å². The molecule has 0 radical (unpaired) electrons. The second-order valence-electron chi connectivity index (χ2n) is 5.76. The fourth-order valence-corrected chi connectivity index (χ4v) is 4.81. The van der Waals surface area contributed by atoms with E-state index < -0.39 is 11.9 Å². The minimum atomic E-state index is -0.435. The van der Waals surface area contributed by atoms with Crippen LogP contribution in [0.1, 0.15) is 17.4 Å². The Hall–Kier alpha value is -1.84. The van der Waals surface area contributed by atoms with Gasteiger partial charge in [0.15, 0.2) is 0 Å². The molecule has 27 heavy (non-hydrogen) atoms. The van der Waals surface area contributed by atoms with E-state index in [4.69, 9.17) is 4.74 Å². The Bertz CT molecular complexity index is 1130. The number of hydrogen-bond donors (Lipinski definition) is 0. The first-order valence-corrected chi connectivity index (χ1v) is 10.4. The molecule has 0 atom stereocenters. The summed E-state index contributed by atoms with van der Waals surface area (Å²) in [6.45, 7) is 2.41. The molecule has 9 heteroatoms. The maximum atomic E-state index is 13.1. The minimum Gasteiger partial charge on any atom is -0.493 e. The number of aromatic nitrogens is 2. The highest BCUT2D eigenvalue weighted by molar-refractivity contribution is 9.11. The van der Waals surface area contributed by atoms with Gasteiger partial charge in [0.05, 0.1) is 15.6 Å². The third-order valence-corrected chi connectivity index (χ3v) is 5.85. The molecule has 136 valence electrons. The molecule has 6 nitrogen and oxygen atoms in total. The van der Waals surface area contributed by atoms with Gasteiger partial charge in [0, 0.05) is 16.6 Å². The number of aromatic amines is 1. The number of fused-ring (bicyclic) bond motifs is 3. The number of nitrogens with zero attached hydrogens (tertiary/aromatic N) is 2. The minimum absolute atomic E-state index is 0.266. The molecule has 0 unspecified atom stereocenters. The van der Waals surface area contributed by atoms with E-state index in [1.165, 1.54) is 4.57 Å². The van der Waals surface area contributed by atoms with Crippen LogP contribution in [0.2, 0.25) is 0 Å². The summed E-state index contributed by atoms with van der Waals surface area (Å²) in [5.74, 6) is 0.252. The molecule has 1 aliphatic rings. The van der Waals surface area contributed by atoms with Gasteiger partial charge in [0.2, 0.25) is 11.7 Å². The van der Waals surface area contributed by atoms with Crippen molar-refractivity contribution >= 4 is 76.4 Å². The van der Waals surface area contributed by atoms with Crippen molar-refractivity contribution in [2.24, 2.45) is 0 Å². The van der Waals surface area contributed by atoms with E-state index in [9.17, 15) is 9.59 Å². The Morgan fingerprint density at radius 2 is 1.89 bits per heavy atom. The van der Waals surface area contributed by atoms with Gasteiger partial charge in [-0.15, -0.1) is 9.47 Å². The second-order valence-corrected chi connectivity index (χ2v) is 8.39. The number of hydrogen-bond acceptors (Lipinski definition) is 3. The first kappa shape index (κ1) is 18.5. The van der Waals surface area contributed by atoms with Gasteiger partial charge < -0.3 is 4.74 Å². The van der Waals surface area contributed by atoms with E-state index in [-0.39, 0.29) is 5.69 Å². The van der Waals surface area contributed by atoms with Crippen LogP contribution in [0.4, 0.5) is 10.5 Å². The second kappa shape index (κ2) is 6.96. The fourth-order valence-electron chi connectivity index (χ4n) is 3.01. The van der Waals surface area contributed by atoms with E-state index >= 15 is 0 Å². The number of halogens is 3. The van der Waals surface area contributed by atoms with Gasteiger partial charge >= 0.3 is 11.9 Å². The molecular formula is C18H12Br3N3O3+2. The summed E-state index contributed by atoms with van der Waals surface area (Å²) >= 11 is 10.3. The largest absolute Gasteiger partial charge is 0.512 e. The molecule has 0 bridgehead atoms. The molecule has 2 heterocycles. The zero-order chi connectivity index (χ0) is 19.3. The summed E-state index contributed by atoms with van der Waals surface area (Å²) in [7, 11) is 0. The van der Waals surface area contributed by atoms with Gasteiger partial charge in [0.1, 0.15) is 11.4 Å². The van der Waals surface area contributed by atoms with Crippen LogP contribution in [0.25, 0.3) is 11.0 Å². The van der Waals surface area contributed by atoms with E-state index in [1.807, 2.05) is 13.0 Å². The highest BCUT2D eigenvalue weighted by Gasteiger charge is 2.50. The van der Waals surface area contributed by atoms with E-state index in [0.29, 0.717) is 28.0 Å². The lowest BCUT2D eigenvalue weighted by Gasteiger charge is -2.09. The van der Waals surface area contributed by atoms with E-state index in [0.717, 1.165) is 19.4 Å². The van der Waals surface area contributed by atoms with Gasteiger partial charge in [-0.2, -0.15) is 4.79 Å². The summed E-state index contributed by atoms with van der Waals surface area (Å²) in [5.41, 5.74) is 2.05. The predicted octanol–water partition coefficient (Wildman–Crippen LogP) is 4.26. The van der Waals surface area contributed by atoms with Gasteiger partial charge in [-0.25, -0.2) is 9.78 Å². The number of rotatable bonds is 3. The molecule has 4 rings (SSSR count). The summed E-state index contributed by atoms with van der Waals surface area (Å²) in [4.78, 5) is 30.3. The van der Waals surface area contributed by atoms with E-state index in [2.05, 4.69) is 52.8 Å². The number of carbonyl (C=O) groups excluding carboxylic acids is 2. The Balaban J connectivity index is 1.86. The first-order chi connectivity index (χ1) is 12.9. The Morgan fingerprint density at radius 1 is 1.11 bits per heavy atom. The van der Waals surface area contributed by atoms with Crippen molar-refractivity contribution < 1.29 is 23.9 Å². The lowest BCUT2D eigenvalue weighted by atomic mass is 10.2. The highest BCUT2D eigenvalue weighted by Crippen LogP contribution is 2.32. The lowest BCUT2D eigenvalue weighted by molar-refractivity contribution is -0.551. The summed E-state index contributed by atoms with van der Waals surface area (Å²) in [5, 5.41) is 0. The number of nitrogens with one attached hydrogen (secondary N) is 1. The van der Waals surface area contributed by atoms with Gasteiger partial charge in [-0.1, -0.05) is 15.9 Å². The summed E-state index contributed by atoms with van der Waals surface area (Å²) in [6.07, 6.45) is 1.55. The quantitative estimate of drug-likeness (QED) is 0.452. The molecule has 0 saturated heterocycles. The van der Waals surface area contributed by atoms with Crippen molar-refractivity contribution in [3.05, 3.63) is 55.6 Å². The van der Waals surface area contributed by atoms with Crippen LogP contribution in [-0.4, -0.2) is 18.5 Å². The molecule has 0 aliphatic carbocycles. The summed E-state index contributed by atoms with van der Waals surface area (Å²) in [6, 6.07) is 8.35. The predicted molar refractivity (Wildman–Crippen MR) is 109 cm³/mol. The van der Waals surface area contributed by atoms with Crippen molar-refractivity contribution in [1.82, 2.24) is 0 Å². The van der Waals surface area contributed by atoms with Crippen molar-refractivity contribution in [3.63, 3.8) is 0 Å². The summed E-state index contributed by atoms with van der Waals surface area (Å²) < 4.78 is 9.15. The van der Waals surface area contributed by atoms with Crippen molar-refractivity contribution in [1.29, 1.82) is 0 Å². The maximum absolute atomic E-state index is 13.1. The number of ether oxygens (including phenoxy) is 1. The van der Waals surface area contributed by atoms with Gasteiger partial charge in [-0.3, -0.25) is 0 Å². The normalized spacial score (nSPS) is 13.4. The smallest absolute Gasteiger partial charge is 0.493 e. The average Bonchev–Trinajstić information content (AvgIpc) is 2.88. The average molecular weight is 558 g/mol. The van der Waals surface area contributed by atoms with Crippen LogP contribution in [0, 0.1) is 0 Å². The monoisotopic (exact) mass is 555 g/mol. The van der Waals surface area contributed by atoms with Crippen molar-refractivity contribution in [2.75, 3.05) is 11.5 Å². The number of anilines is 1. The van der Waals surface area contributed by atoms with Crippen LogP contribution >= 0.6 is 47.8 Å². The molecule has 3 aromatic rings. The third kappa shape index (κ3) is 2.97. The SMILES string of the molecule is CCOc1ccc(N2C(=O)c3c[nH+]c4c(Br)cc(Br)cc4[n+]3C2=O)cc1Br. The fraction of sp³-hybridized carbons (Fsp3) is 0.111. The Kier molecular flexibility index (Phi) is 4.77. The number of benzene rings is 2. The molecule has 1 aliphatic heterocycles. The molecule has 0 spiro atoms. The van der Waals surface area contributed by atoms with Crippen LogP contribution in [0.5, 0.6) is 5.75 Å². The molecule has 0 fully saturated rings. The molecule has 2 amide bonds. The molecule has 0 saturated carbocycles. The van der Waals surface area contributed by atoms with Gasteiger partial charge in [-0.05, 0) is 57.0 Å². The lowest BCUT2D eigenvalue weighted by Crippen LogP contribution is -2.47.